The molecular weight excluding hydrogens is 236 g/mol. The zero-order valence-corrected chi connectivity index (χ0v) is 11.1. The van der Waals surface area contributed by atoms with Gasteiger partial charge in [-0.2, -0.15) is 0 Å². The van der Waals surface area contributed by atoms with Gasteiger partial charge in [-0.3, -0.25) is 0 Å². The molecule has 1 aliphatic heterocycles. The molecule has 17 heavy (non-hydrogen) atoms. The summed E-state index contributed by atoms with van der Waals surface area (Å²) in [6.07, 6.45) is 2.85. The van der Waals surface area contributed by atoms with Gasteiger partial charge in [-0.1, -0.05) is 25.4 Å². The fourth-order valence-corrected chi connectivity index (χ4v) is 2.46. The Morgan fingerprint density at radius 1 is 1.59 bits per heavy atom. The maximum absolute atomic E-state index is 9.20. The monoisotopic (exact) mass is 254 g/mol. The number of anilines is 1. The standard InChI is InChI=1S/C13H19ClN2O/c1-9(2)10-3-4-16(7-10)13-5-11(8-17)12(14)6-15-13/h5-6,9-10,17H,3-4,7-8H2,1-2H3. The molecule has 2 rings (SSSR count). The van der Waals surface area contributed by atoms with Crippen LogP contribution in [0.5, 0.6) is 0 Å². The Hall–Kier alpha value is -0.800. The molecule has 2 heterocycles. The lowest BCUT2D eigenvalue weighted by molar-refractivity contribution is 0.282. The summed E-state index contributed by atoms with van der Waals surface area (Å²) in [7, 11) is 0. The molecule has 0 aromatic carbocycles. The van der Waals surface area contributed by atoms with E-state index in [4.69, 9.17) is 11.6 Å². The first-order valence-electron chi connectivity index (χ1n) is 6.12. The molecule has 0 aliphatic carbocycles. The number of aliphatic hydroxyl groups is 1. The van der Waals surface area contributed by atoms with E-state index in [-0.39, 0.29) is 6.61 Å². The van der Waals surface area contributed by atoms with Crippen molar-refractivity contribution in [1.82, 2.24) is 4.98 Å². The molecule has 1 N–H and O–H groups in total. The van der Waals surface area contributed by atoms with Crippen LogP contribution in [0.4, 0.5) is 5.82 Å². The minimum absolute atomic E-state index is 0.0319. The second kappa shape index (κ2) is 5.23. The Balaban J connectivity index is 2.13. The second-order valence-corrected chi connectivity index (χ2v) is 5.44. The van der Waals surface area contributed by atoms with E-state index in [2.05, 4.69) is 23.7 Å². The van der Waals surface area contributed by atoms with Crippen LogP contribution in [-0.2, 0) is 6.61 Å². The van der Waals surface area contributed by atoms with Gasteiger partial charge in [-0.05, 0) is 24.3 Å². The molecule has 0 bridgehead atoms. The van der Waals surface area contributed by atoms with Gasteiger partial charge in [0.2, 0.25) is 0 Å². The number of hydrogen-bond acceptors (Lipinski definition) is 3. The Morgan fingerprint density at radius 3 is 2.94 bits per heavy atom. The van der Waals surface area contributed by atoms with E-state index in [1.165, 1.54) is 6.42 Å². The number of aromatic nitrogens is 1. The third-order valence-corrected chi connectivity index (χ3v) is 3.92. The number of nitrogens with zero attached hydrogens (tertiary/aromatic N) is 2. The Bertz CT molecular complexity index is 395. The van der Waals surface area contributed by atoms with Crippen LogP contribution in [0.25, 0.3) is 0 Å². The highest BCUT2D eigenvalue weighted by Gasteiger charge is 2.25. The van der Waals surface area contributed by atoms with Gasteiger partial charge in [0, 0.05) is 24.8 Å². The summed E-state index contributed by atoms with van der Waals surface area (Å²) in [6, 6.07) is 1.89. The predicted octanol–water partition coefficient (Wildman–Crippen LogP) is 2.71. The maximum atomic E-state index is 9.20. The molecule has 1 aromatic heterocycles. The molecule has 0 spiro atoms. The number of halogens is 1. The largest absolute Gasteiger partial charge is 0.392 e. The van der Waals surface area contributed by atoms with Crippen molar-refractivity contribution in [3.8, 4) is 0 Å². The zero-order chi connectivity index (χ0) is 12.4. The highest BCUT2D eigenvalue weighted by Crippen LogP contribution is 2.28. The van der Waals surface area contributed by atoms with Crippen LogP contribution in [0.1, 0.15) is 25.8 Å². The summed E-state index contributed by atoms with van der Waals surface area (Å²) in [5, 5.41) is 9.73. The van der Waals surface area contributed by atoms with E-state index in [0.717, 1.165) is 30.4 Å². The average Bonchev–Trinajstić information content (AvgIpc) is 2.79. The third kappa shape index (κ3) is 2.72. The molecule has 4 heteroatoms. The van der Waals surface area contributed by atoms with Gasteiger partial charge < -0.3 is 10.0 Å². The lowest BCUT2D eigenvalue weighted by Gasteiger charge is -2.19. The Kier molecular flexibility index (Phi) is 3.89. The minimum atomic E-state index is -0.0319. The molecule has 3 nitrogen and oxygen atoms in total. The van der Waals surface area contributed by atoms with E-state index in [1.54, 1.807) is 6.20 Å². The van der Waals surface area contributed by atoms with Gasteiger partial charge in [-0.25, -0.2) is 4.98 Å². The van der Waals surface area contributed by atoms with Crippen LogP contribution in [0.2, 0.25) is 5.02 Å². The summed E-state index contributed by atoms with van der Waals surface area (Å²) >= 11 is 5.94. The summed E-state index contributed by atoms with van der Waals surface area (Å²) in [6.45, 7) is 6.60. The molecule has 0 radical (unpaired) electrons. The van der Waals surface area contributed by atoms with Crippen molar-refractivity contribution in [2.45, 2.75) is 26.9 Å². The lowest BCUT2D eigenvalue weighted by atomic mass is 9.95. The predicted molar refractivity (Wildman–Crippen MR) is 70.3 cm³/mol. The Labute approximate surface area is 107 Å². The molecule has 94 valence electrons. The van der Waals surface area contributed by atoms with Crippen molar-refractivity contribution >= 4 is 17.4 Å². The van der Waals surface area contributed by atoms with Crippen molar-refractivity contribution < 1.29 is 5.11 Å². The van der Waals surface area contributed by atoms with E-state index in [9.17, 15) is 5.11 Å². The molecule has 1 atom stereocenters. The van der Waals surface area contributed by atoms with Gasteiger partial charge >= 0.3 is 0 Å². The number of aliphatic hydroxyl groups excluding tert-OH is 1. The van der Waals surface area contributed by atoms with E-state index >= 15 is 0 Å². The first kappa shape index (κ1) is 12.7. The smallest absolute Gasteiger partial charge is 0.128 e. The van der Waals surface area contributed by atoms with Gasteiger partial charge in [0.25, 0.3) is 0 Å². The molecule has 1 fully saturated rings. The van der Waals surface area contributed by atoms with E-state index in [1.807, 2.05) is 6.07 Å². The summed E-state index contributed by atoms with van der Waals surface area (Å²) in [5.41, 5.74) is 0.754. The summed E-state index contributed by atoms with van der Waals surface area (Å²) < 4.78 is 0. The van der Waals surface area contributed by atoms with Gasteiger partial charge in [-0.15, -0.1) is 0 Å². The van der Waals surface area contributed by atoms with Crippen LogP contribution in [0.15, 0.2) is 12.3 Å². The summed E-state index contributed by atoms with van der Waals surface area (Å²) in [4.78, 5) is 6.62. The SMILES string of the molecule is CC(C)C1CCN(c2cc(CO)c(Cl)cn2)C1. The first-order valence-corrected chi connectivity index (χ1v) is 6.50. The highest BCUT2D eigenvalue weighted by molar-refractivity contribution is 6.31. The van der Waals surface area contributed by atoms with Crippen molar-refractivity contribution in [2.24, 2.45) is 11.8 Å². The topological polar surface area (TPSA) is 36.4 Å². The molecule has 1 saturated heterocycles. The van der Waals surface area contributed by atoms with E-state index in [0.29, 0.717) is 10.9 Å². The van der Waals surface area contributed by atoms with Crippen LogP contribution < -0.4 is 4.90 Å². The summed E-state index contributed by atoms with van der Waals surface area (Å²) in [5.74, 6) is 2.39. The van der Waals surface area contributed by atoms with Crippen molar-refractivity contribution in [3.05, 3.63) is 22.8 Å². The van der Waals surface area contributed by atoms with Crippen molar-refractivity contribution in [1.29, 1.82) is 0 Å². The Morgan fingerprint density at radius 2 is 2.35 bits per heavy atom. The number of hydrogen-bond donors (Lipinski definition) is 1. The molecule has 1 aliphatic rings. The van der Waals surface area contributed by atoms with Crippen LogP contribution in [-0.4, -0.2) is 23.2 Å². The zero-order valence-electron chi connectivity index (χ0n) is 10.4. The quantitative estimate of drug-likeness (QED) is 0.901. The minimum Gasteiger partial charge on any atom is -0.392 e. The number of pyridine rings is 1. The molecule has 1 unspecified atom stereocenters. The average molecular weight is 255 g/mol. The highest BCUT2D eigenvalue weighted by atomic mass is 35.5. The van der Waals surface area contributed by atoms with Crippen molar-refractivity contribution in [2.75, 3.05) is 18.0 Å². The number of rotatable bonds is 3. The third-order valence-electron chi connectivity index (χ3n) is 3.58. The fraction of sp³-hybridized carbons (Fsp3) is 0.615. The lowest BCUT2D eigenvalue weighted by Crippen LogP contribution is -2.22. The van der Waals surface area contributed by atoms with Crippen LogP contribution in [0, 0.1) is 11.8 Å². The molecule has 0 amide bonds. The van der Waals surface area contributed by atoms with Crippen LogP contribution >= 0.6 is 11.6 Å². The van der Waals surface area contributed by atoms with E-state index < -0.39 is 0 Å². The molecule has 1 aromatic rings. The molecule has 0 saturated carbocycles. The maximum Gasteiger partial charge on any atom is 0.128 e. The van der Waals surface area contributed by atoms with Gasteiger partial charge in [0.15, 0.2) is 0 Å². The second-order valence-electron chi connectivity index (χ2n) is 5.03. The van der Waals surface area contributed by atoms with Gasteiger partial charge in [0.05, 0.1) is 11.6 Å². The van der Waals surface area contributed by atoms with Crippen molar-refractivity contribution in [3.63, 3.8) is 0 Å². The normalized spacial score (nSPS) is 20.3. The first-order chi connectivity index (χ1) is 8.11. The van der Waals surface area contributed by atoms with Crippen LogP contribution in [0.3, 0.4) is 0 Å². The molecular formula is C13H19ClN2O. The fourth-order valence-electron chi connectivity index (χ4n) is 2.30. The van der Waals surface area contributed by atoms with Gasteiger partial charge in [0.1, 0.15) is 5.82 Å².